The predicted molar refractivity (Wildman–Crippen MR) is 105 cm³/mol. The molecule has 0 aliphatic rings. The maximum absolute atomic E-state index is 12.4. The molecule has 0 aliphatic heterocycles. The van der Waals surface area contributed by atoms with Gasteiger partial charge < -0.3 is 19.5 Å². The van der Waals surface area contributed by atoms with E-state index in [0.29, 0.717) is 12.2 Å². The number of rotatable bonds is 10. The Morgan fingerprint density at radius 1 is 1.18 bits per heavy atom. The molecule has 2 unspecified atom stereocenters. The van der Waals surface area contributed by atoms with Gasteiger partial charge in [0.05, 0.1) is 12.7 Å². The van der Waals surface area contributed by atoms with Crippen molar-refractivity contribution in [1.29, 1.82) is 0 Å². The minimum absolute atomic E-state index is 0.157. The molecule has 0 bridgehead atoms. The van der Waals surface area contributed by atoms with Crippen molar-refractivity contribution in [2.75, 3.05) is 26.1 Å². The Labute approximate surface area is 164 Å². The van der Waals surface area contributed by atoms with Crippen molar-refractivity contribution >= 4 is 11.7 Å². The van der Waals surface area contributed by atoms with Crippen LogP contribution in [0.4, 0.5) is 5.82 Å². The van der Waals surface area contributed by atoms with Crippen LogP contribution in [0.15, 0.2) is 47.4 Å². The van der Waals surface area contributed by atoms with Crippen molar-refractivity contribution in [3.05, 3.63) is 58.6 Å². The lowest BCUT2D eigenvalue weighted by molar-refractivity contribution is -0.132. The van der Waals surface area contributed by atoms with E-state index in [1.165, 1.54) is 10.8 Å². The number of aromatic nitrogens is 2. The summed E-state index contributed by atoms with van der Waals surface area (Å²) < 4.78 is 18.0. The van der Waals surface area contributed by atoms with E-state index in [2.05, 4.69) is 10.3 Å². The summed E-state index contributed by atoms with van der Waals surface area (Å²) in [6.07, 6.45) is 1.21. The number of nitrogens with zero attached hydrogens (tertiary/aromatic N) is 2. The van der Waals surface area contributed by atoms with E-state index in [-0.39, 0.29) is 23.9 Å². The number of ether oxygens (including phenoxy) is 3. The Kier molecular flexibility index (Phi) is 8.31. The van der Waals surface area contributed by atoms with Crippen LogP contribution in [-0.4, -0.2) is 48.5 Å². The summed E-state index contributed by atoms with van der Waals surface area (Å²) in [6, 6.07) is 10.3. The van der Waals surface area contributed by atoms with E-state index in [1.807, 2.05) is 13.0 Å². The van der Waals surface area contributed by atoms with Crippen LogP contribution in [0.25, 0.3) is 0 Å². The first-order valence-corrected chi connectivity index (χ1v) is 9.12. The fourth-order valence-electron chi connectivity index (χ4n) is 2.84. The summed E-state index contributed by atoms with van der Waals surface area (Å²) in [5, 5.41) is 2.62. The van der Waals surface area contributed by atoms with E-state index < -0.39 is 11.9 Å². The molecule has 28 heavy (non-hydrogen) atoms. The molecular formula is C20H27N3O5. The first kappa shape index (κ1) is 21.7. The third kappa shape index (κ3) is 5.72. The number of amides is 1. The molecule has 8 nitrogen and oxygen atoms in total. The molecular weight excluding hydrogens is 362 g/mol. The average Bonchev–Trinajstić information content (AvgIpc) is 2.69. The summed E-state index contributed by atoms with van der Waals surface area (Å²) in [5.74, 6) is -0.153. The molecule has 152 valence electrons. The minimum atomic E-state index is -0.580. The van der Waals surface area contributed by atoms with Crippen molar-refractivity contribution in [2.45, 2.75) is 38.7 Å². The van der Waals surface area contributed by atoms with Gasteiger partial charge in [-0.3, -0.25) is 9.36 Å². The van der Waals surface area contributed by atoms with Gasteiger partial charge in [-0.2, -0.15) is 4.98 Å². The summed E-state index contributed by atoms with van der Waals surface area (Å²) in [4.78, 5) is 28.5. The zero-order valence-electron chi connectivity index (χ0n) is 16.6. The quantitative estimate of drug-likeness (QED) is 0.671. The molecule has 8 heteroatoms. The zero-order valence-corrected chi connectivity index (χ0v) is 16.6. The van der Waals surface area contributed by atoms with E-state index in [1.54, 1.807) is 51.5 Å². The Balaban J connectivity index is 2.10. The molecule has 0 fully saturated rings. The van der Waals surface area contributed by atoms with Gasteiger partial charge in [0, 0.05) is 26.0 Å². The monoisotopic (exact) mass is 389 g/mol. The van der Waals surface area contributed by atoms with Crippen LogP contribution in [0.3, 0.4) is 0 Å². The maximum Gasteiger partial charge on any atom is 0.351 e. The summed E-state index contributed by atoms with van der Waals surface area (Å²) in [5.41, 5.74) is -0.0437. The second-order valence-corrected chi connectivity index (χ2v) is 6.23. The number of hydrogen-bond acceptors (Lipinski definition) is 6. The van der Waals surface area contributed by atoms with E-state index in [9.17, 15) is 9.59 Å². The van der Waals surface area contributed by atoms with E-state index in [0.717, 1.165) is 6.42 Å². The average molecular weight is 389 g/mol. The lowest BCUT2D eigenvalue weighted by Crippen LogP contribution is -2.38. The van der Waals surface area contributed by atoms with Gasteiger partial charge in [0.2, 0.25) is 0 Å². The van der Waals surface area contributed by atoms with E-state index in [4.69, 9.17) is 14.2 Å². The number of carbonyl (C=O) groups is 1. The number of carbonyl (C=O) groups excluding carboxylic acids is 1. The topological polar surface area (TPSA) is 91.7 Å². The van der Waals surface area contributed by atoms with Crippen molar-refractivity contribution < 1.29 is 19.0 Å². The third-order valence-electron chi connectivity index (χ3n) is 4.32. The number of anilines is 1. The van der Waals surface area contributed by atoms with Gasteiger partial charge in [0.15, 0.2) is 0 Å². The predicted octanol–water partition coefficient (Wildman–Crippen LogP) is 2.47. The van der Waals surface area contributed by atoms with Crippen LogP contribution in [-0.2, 0) is 14.2 Å². The number of nitrogens with one attached hydrogen (secondary N) is 1. The lowest BCUT2D eigenvalue weighted by Gasteiger charge is -2.28. The van der Waals surface area contributed by atoms with Crippen molar-refractivity contribution in [3.8, 4) is 0 Å². The summed E-state index contributed by atoms with van der Waals surface area (Å²) in [7, 11) is 3.20. The van der Waals surface area contributed by atoms with Crippen LogP contribution < -0.4 is 11.0 Å². The Morgan fingerprint density at radius 2 is 1.89 bits per heavy atom. The molecule has 0 saturated heterocycles. The van der Waals surface area contributed by atoms with Crippen LogP contribution in [0.2, 0.25) is 0 Å². The standard InChI is InChI=1S/C20H27N3O5/c1-5-16(27-4)17(13-26-3)28-14(2)23-12-11-18(22-20(23)25)21-19(24)15-9-7-6-8-10-15/h6-12,14,16-17H,5,13H2,1-4H3,(H,21,22,24,25)/t14?,16?,17-/m1/s1. The highest BCUT2D eigenvalue weighted by atomic mass is 16.6. The van der Waals surface area contributed by atoms with Gasteiger partial charge in [-0.25, -0.2) is 4.79 Å². The minimum Gasteiger partial charge on any atom is -0.382 e. The number of hydrogen-bond donors (Lipinski definition) is 1. The zero-order chi connectivity index (χ0) is 20.5. The van der Waals surface area contributed by atoms with Crippen molar-refractivity contribution in [1.82, 2.24) is 9.55 Å². The largest absolute Gasteiger partial charge is 0.382 e. The smallest absolute Gasteiger partial charge is 0.351 e. The Morgan fingerprint density at radius 3 is 2.46 bits per heavy atom. The van der Waals surface area contributed by atoms with Gasteiger partial charge >= 0.3 is 5.69 Å². The molecule has 2 rings (SSSR count). The maximum atomic E-state index is 12.4. The van der Waals surface area contributed by atoms with Gasteiger partial charge in [0.1, 0.15) is 18.1 Å². The SMILES string of the molecule is CCC(OC)[C@@H](COC)OC(C)n1ccc(NC(=O)c2ccccc2)nc1=O. The van der Waals surface area contributed by atoms with Crippen molar-refractivity contribution in [3.63, 3.8) is 0 Å². The second-order valence-electron chi connectivity index (χ2n) is 6.23. The third-order valence-corrected chi connectivity index (χ3v) is 4.32. The molecule has 3 atom stereocenters. The highest BCUT2D eigenvalue weighted by Gasteiger charge is 2.24. The number of methoxy groups -OCH3 is 2. The summed E-state index contributed by atoms with van der Waals surface area (Å²) >= 11 is 0. The lowest BCUT2D eigenvalue weighted by atomic mass is 10.1. The molecule has 2 aromatic rings. The first-order chi connectivity index (χ1) is 13.5. The Bertz CT molecular complexity index is 805. The highest BCUT2D eigenvalue weighted by Crippen LogP contribution is 2.16. The van der Waals surface area contributed by atoms with Crippen LogP contribution in [0.1, 0.15) is 36.9 Å². The van der Waals surface area contributed by atoms with Gasteiger partial charge in [-0.1, -0.05) is 25.1 Å². The van der Waals surface area contributed by atoms with Gasteiger partial charge in [-0.15, -0.1) is 0 Å². The summed E-state index contributed by atoms with van der Waals surface area (Å²) in [6.45, 7) is 4.07. The molecule has 0 saturated carbocycles. The molecule has 0 spiro atoms. The first-order valence-electron chi connectivity index (χ1n) is 9.12. The van der Waals surface area contributed by atoms with Crippen LogP contribution >= 0.6 is 0 Å². The molecule has 0 radical (unpaired) electrons. The van der Waals surface area contributed by atoms with Crippen LogP contribution in [0.5, 0.6) is 0 Å². The molecule has 1 aromatic heterocycles. The molecule has 1 aromatic carbocycles. The molecule has 0 aliphatic carbocycles. The fourth-order valence-corrected chi connectivity index (χ4v) is 2.84. The highest BCUT2D eigenvalue weighted by molar-refractivity contribution is 6.03. The molecule has 1 amide bonds. The normalized spacial score (nSPS) is 14.3. The molecule has 1 N–H and O–H groups in total. The number of benzene rings is 1. The fraction of sp³-hybridized carbons (Fsp3) is 0.450. The van der Waals surface area contributed by atoms with Gasteiger partial charge in [0.25, 0.3) is 5.91 Å². The second kappa shape index (κ2) is 10.7. The van der Waals surface area contributed by atoms with Crippen molar-refractivity contribution in [2.24, 2.45) is 0 Å². The van der Waals surface area contributed by atoms with Crippen LogP contribution in [0, 0.1) is 0 Å². The van der Waals surface area contributed by atoms with Gasteiger partial charge in [-0.05, 0) is 31.5 Å². The Hall–Kier alpha value is -2.55. The van der Waals surface area contributed by atoms with E-state index >= 15 is 0 Å². The molecule has 1 heterocycles.